The Labute approximate surface area is 125 Å². The predicted molar refractivity (Wildman–Crippen MR) is 79.1 cm³/mol. The van der Waals surface area contributed by atoms with Crippen LogP contribution in [0.4, 0.5) is 0 Å². The van der Waals surface area contributed by atoms with Crippen LogP contribution in [-0.2, 0) is 9.53 Å². The van der Waals surface area contributed by atoms with Gasteiger partial charge in [-0.05, 0) is 13.5 Å². The minimum absolute atomic E-state index is 0.129. The molecule has 0 bridgehead atoms. The zero-order valence-corrected chi connectivity index (χ0v) is 13.2. The van der Waals surface area contributed by atoms with Gasteiger partial charge in [0.2, 0.25) is 0 Å². The highest BCUT2D eigenvalue weighted by Gasteiger charge is 2.34. The summed E-state index contributed by atoms with van der Waals surface area (Å²) in [6.45, 7) is 4.40. The highest BCUT2D eigenvalue weighted by atomic mass is 16.5. The van der Waals surface area contributed by atoms with E-state index in [0.29, 0.717) is 23.8 Å². The first kappa shape index (κ1) is 17.1. The molecule has 1 N–H and O–H groups in total. The van der Waals surface area contributed by atoms with Crippen LogP contribution in [0.2, 0.25) is 0 Å². The first-order valence-electron chi connectivity index (χ1n) is 6.68. The predicted octanol–water partition coefficient (Wildman–Crippen LogP) is 1.62. The number of hydrogen-bond donors (Lipinski definition) is 1. The molecule has 1 atom stereocenters. The van der Waals surface area contributed by atoms with Crippen molar-refractivity contribution >= 4 is 5.97 Å². The van der Waals surface area contributed by atoms with Gasteiger partial charge in [-0.25, -0.2) is 4.79 Å². The summed E-state index contributed by atoms with van der Waals surface area (Å²) in [5.41, 5.74) is -0.917. The van der Waals surface area contributed by atoms with Crippen molar-refractivity contribution in [3.8, 4) is 17.2 Å². The molecule has 0 aliphatic carbocycles. The molecule has 0 aliphatic rings. The quantitative estimate of drug-likeness (QED) is 0.736. The van der Waals surface area contributed by atoms with Gasteiger partial charge in [-0.2, -0.15) is 0 Å². The summed E-state index contributed by atoms with van der Waals surface area (Å²) >= 11 is 0. The number of rotatable bonds is 8. The molecule has 1 rings (SSSR count). The topological polar surface area (TPSA) is 66.0 Å². The van der Waals surface area contributed by atoms with Crippen LogP contribution in [0.5, 0.6) is 17.2 Å². The molecule has 0 aromatic heterocycles. The zero-order chi connectivity index (χ0) is 15.9. The average Bonchev–Trinajstić information content (AvgIpc) is 2.51. The number of carbonyl (C=O) groups excluding carboxylic acids is 1. The van der Waals surface area contributed by atoms with Gasteiger partial charge in [0.15, 0.2) is 0 Å². The van der Waals surface area contributed by atoms with E-state index in [2.05, 4.69) is 5.32 Å². The van der Waals surface area contributed by atoms with E-state index in [-0.39, 0.29) is 12.6 Å². The average molecular weight is 297 g/mol. The normalized spacial score (nSPS) is 13.2. The Kier molecular flexibility index (Phi) is 6.30. The largest absolute Gasteiger partial charge is 0.496 e. The van der Waals surface area contributed by atoms with Crippen molar-refractivity contribution in [1.29, 1.82) is 0 Å². The number of benzene rings is 1. The highest BCUT2D eigenvalue weighted by Crippen LogP contribution is 2.28. The highest BCUT2D eigenvalue weighted by molar-refractivity contribution is 5.80. The Balaban J connectivity index is 2.87. The molecule has 6 heteroatoms. The molecular weight excluding hydrogens is 274 g/mol. The van der Waals surface area contributed by atoms with Crippen molar-refractivity contribution < 1.29 is 23.7 Å². The lowest BCUT2D eigenvalue weighted by atomic mass is 10.0. The van der Waals surface area contributed by atoms with Crippen molar-refractivity contribution in [2.24, 2.45) is 0 Å². The number of hydrogen-bond acceptors (Lipinski definition) is 6. The van der Waals surface area contributed by atoms with Crippen LogP contribution in [0.15, 0.2) is 18.2 Å². The van der Waals surface area contributed by atoms with E-state index in [1.807, 2.05) is 6.92 Å². The fourth-order valence-corrected chi connectivity index (χ4v) is 1.89. The van der Waals surface area contributed by atoms with Crippen molar-refractivity contribution in [3.05, 3.63) is 18.2 Å². The second-order valence-corrected chi connectivity index (χ2v) is 4.69. The van der Waals surface area contributed by atoms with Crippen molar-refractivity contribution in [2.45, 2.75) is 19.4 Å². The molecule has 21 heavy (non-hydrogen) atoms. The minimum Gasteiger partial charge on any atom is -0.496 e. The van der Waals surface area contributed by atoms with E-state index in [0.717, 1.165) is 0 Å². The van der Waals surface area contributed by atoms with Gasteiger partial charge < -0.3 is 18.9 Å². The fourth-order valence-electron chi connectivity index (χ4n) is 1.89. The van der Waals surface area contributed by atoms with Crippen molar-refractivity contribution in [2.75, 3.05) is 34.5 Å². The van der Waals surface area contributed by atoms with E-state index in [4.69, 9.17) is 18.9 Å². The molecule has 0 saturated carbocycles. The molecule has 1 aromatic rings. The molecule has 0 saturated heterocycles. The maximum absolute atomic E-state index is 11.9. The molecule has 0 fully saturated rings. The molecule has 0 aliphatic heterocycles. The molecule has 0 radical (unpaired) electrons. The van der Waals surface area contributed by atoms with Crippen LogP contribution in [0.3, 0.4) is 0 Å². The van der Waals surface area contributed by atoms with E-state index in [1.54, 1.807) is 39.3 Å². The summed E-state index contributed by atoms with van der Waals surface area (Å²) < 4.78 is 20.9. The number of ether oxygens (including phenoxy) is 4. The maximum Gasteiger partial charge on any atom is 0.329 e. The Bertz CT molecular complexity index is 455. The summed E-state index contributed by atoms with van der Waals surface area (Å²) in [6.07, 6.45) is 0. The number of carbonyl (C=O) groups is 1. The van der Waals surface area contributed by atoms with Gasteiger partial charge in [0.25, 0.3) is 0 Å². The number of nitrogens with one attached hydrogen (secondary N) is 1. The summed E-state index contributed by atoms with van der Waals surface area (Å²) in [4.78, 5) is 11.9. The third-order valence-electron chi connectivity index (χ3n) is 3.06. The van der Waals surface area contributed by atoms with E-state index in [1.165, 1.54) is 7.11 Å². The van der Waals surface area contributed by atoms with Gasteiger partial charge in [-0.15, -0.1) is 0 Å². The Morgan fingerprint density at radius 2 is 1.62 bits per heavy atom. The third kappa shape index (κ3) is 4.53. The molecule has 0 spiro atoms. The summed E-state index contributed by atoms with van der Waals surface area (Å²) in [5.74, 6) is 1.42. The molecule has 118 valence electrons. The van der Waals surface area contributed by atoms with Crippen molar-refractivity contribution in [1.82, 2.24) is 5.32 Å². The SMILES string of the molecule is CCNC(C)(COc1cc(OC)cc(OC)c1)C(=O)OC. The third-order valence-corrected chi connectivity index (χ3v) is 3.06. The molecule has 0 amide bonds. The monoisotopic (exact) mass is 297 g/mol. The maximum atomic E-state index is 11.9. The second-order valence-electron chi connectivity index (χ2n) is 4.69. The van der Waals surface area contributed by atoms with Crippen LogP contribution in [-0.4, -0.2) is 46.0 Å². The van der Waals surface area contributed by atoms with Gasteiger partial charge in [0.05, 0.1) is 21.3 Å². The standard InChI is InChI=1S/C15H23NO5/c1-6-16-15(2,14(17)20-5)10-21-13-8-11(18-3)7-12(9-13)19-4/h7-9,16H,6,10H2,1-5H3. The summed E-state index contributed by atoms with van der Waals surface area (Å²) in [6, 6.07) is 5.20. The van der Waals surface area contributed by atoms with Gasteiger partial charge >= 0.3 is 5.97 Å². The lowest BCUT2D eigenvalue weighted by Gasteiger charge is -2.27. The van der Waals surface area contributed by atoms with Gasteiger partial charge in [0.1, 0.15) is 29.4 Å². The first-order chi connectivity index (χ1) is 9.98. The molecular formula is C15H23NO5. The number of esters is 1. The van der Waals surface area contributed by atoms with Gasteiger partial charge in [0, 0.05) is 18.2 Å². The van der Waals surface area contributed by atoms with Crippen LogP contribution in [0.25, 0.3) is 0 Å². The Hall–Kier alpha value is -1.95. The fraction of sp³-hybridized carbons (Fsp3) is 0.533. The van der Waals surface area contributed by atoms with Gasteiger partial charge in [-0.1, -0.05) is 6.92 Å². The molecule has 6 nitrogen and oxygen atoms in total. The second kappa shape index (κ2) is 7.73. The number of likely N-dealkylation sites (N-methyl/N-ethyl adjacent to an activating group) is 1. The molecule has 1 aromatic carbocycles. The Morgan fingerprint density at radius 1 is 1.10 bits per heavy atom. The molecule has 0 heterocycles. The van der Waals surface area contributed by atoms with E-state index in [9.17, 15) is 4.79 Å². The summed E-state index contributed by atoms with van der Waals surface area (Å²) in [7, 11) is 4.48. The lowest BCUT2D eigenvalue weighted by Crippen LogP contribution is -2.54. The first-order valence-corrected chi connectivity index (χ1v) is 6.68. The van der Waals surface area contributed by atoms with E-state index >= 15 is 0 Å². The number of methoxy groups -OCH3 is 3. The zero-order valence-electron chi connectivity index (χ0n) is 13.2. The van der Waals surface area contributed by atoms with E-state index < -0.39 is 5.54 Å². The smallest absolute Gasteiger partial charge is 0.329 e. The van der Waals surface area contributed by atoms with Crippen LogP contribution < -0.4 is 19.5 Å². The lowest BCUT2D eigenvalue weighted by molar-refractivity contribution is -0.149. The van der Waals surface area contributed by atoms with Crippen molar-refractivity contribution in [3.63, 3.8) is 0 Å². The van der Waals surface area contributed by atoms with Crippen LogP contribution >= 0.6 is 0 Å². The van der Waals surface area contributed by atoms with Crippen LogP contribution in [0.1, 0.15) is 13.8 Å². The Morgan fingerprint density at radius 3 is 2.05 bits per heavy atom. The van der Waals surface area contributed by atoms with Gasteiger partial charge in [-0.3, -0.25) is 5.32 Å². The molecule has 1 unspecified atom stereocenters. The van der Waals surface area contributed by atoms with Crippen LogP contribution in [0, 0.1) is 0 Å². The summed E-state index contributed by atoms with van der Waals surface area (Å²) in [5, 5.41) is 3.08. The minimum atomic E-state index is -0.917.